The quantitative estimate of drug-likeness (QED) is 0.768. The zero-order chi connectivity index (χ0) is 21.2. The molecule has 3 rings (SSSR count). The first-order valence-electron chi connectivity index (χ1n) is 10.6. The Kier molecular flexibility index (Phi) is 6.87. The number of nitrogens with one attached hydrogen (secondary N) is 1. The van der Waals surface area contributed by atoms with Gasteiger partial charge in [0.05, 0.1) is 10.9 Å². The molecule has 2 heterocycles. The van der Waals surface area contributed by atoms with Gasteiger partial charge in [-0.2, -0.15) is 0 Å². The van der Waals surface area contributed by atoms with Crippen molar-refractivity contribution in [1.82, 2.24) is 14.2 Å². The Morgan fingerprint density at radius 2 is 1.59 bits per heavy atom. The first-order chi connectivity index (χ1) is 13.7. The van der Waals surface area contributed by atoms with Gasteiger partial charge in [-0.3, -0.25) is 4.90 Å². The summed E-state index contributed by atoms with van der Waals surface area (Å²) < 4.78 is 31.8. The average molecular weight is 418 g/mol. The van der Waals surface area contributed by atoms with E-state index in [1.54, 1.807) is 0 Å². The van der Waals surface area contributed by atoms with Crippen LogP contribution in [0.2, 0.25) is 0 Å². The molecule has 1 saturated heterocycles. The predicted octanol–water partition coefficient (Wildman–Crippen LogP) is 4.15. The lowest BCUT2D eigenvalue weighted by Crippen LogP contribution is -2.39. The average Bonchev–Trinajstić information content (AvgIpc) is 2.91. The van der Waals surface area contributed by atoms with E-state index in [0.29, 0.717) is 11.4 Å². The largest absolute Gasteiger partial charge is 0.353 e. The van der Waals surface area contributed by atoms with Crippen molar-refractivity contribution in [2.24, 2.45) is 7.05 Å². The van der Waals surface area contributed by atoms with E-state index >= 15 is 0 Å². The topological polar surface area (TPSA) is 54.3 Å². The normalized spacial score (nSPS) is 17.3. The third-order valence-corrected chi connectivity index (χ3v) is 8.14. The van der Waals surface area contributed by atoms with E-state index < -0.39 is 10.0 Å². The van der Waals surface area contributed by atoms with Crippen LogP contribution in [0.5, 0.6) is 0 Å². The molecular weight excluding hydrogens is 382 g/mol. The Labute approximate surface area is 176 Å². The van der Waals surface area contributed by atoms with Crippen LogP contribution < -0.4 is 4.72 Å². The number of likely N-dealkylation sites (tertiary alicyclic amines) is 1. The van der Waals surface area contributed by atoms with E-state index in [-0.39, 0.29) is 6.04 Å². The summed E-state index contributed by atoms with van der Waals surface area (Å²) in [6.45, 7) is 10.2. The van der Waals surface area contributed by atoms with Crippen LogP contribution in [0.4, 0.5) is 0 Å². The molecule has 0 amide bonds. The van der Waals surface area contributed by atoms with Crippen molar-refractivity contribution in [3.8, 4) is 0 Å². The van der Waals surface area contributed by atoms with Gasteiger partial charge in [-0.05, 0) is 88.0 Å². The summed E-state index contributed by atoms with van der Waals surface area (Å²) in [6.07, 6.45) is 6.88. The fourth-order valence-corrected chi connectivity index (χ4v) is 6.14. The summed E-state index contributed by atoms with van der Waals surface area (Å²) in [4.78, 5) is 2.89. The lowest BCUT2D eigenvalue weighted by molar-refractivity contribution is 0.199. The zero-order valence-corrected chi connectivity index (χ0v) is 19.3. The number of rotatable bonds is 6. The molecule has 0 saturated carbocycles. The van der Waals surface area contributed by atoms with E-state index in [4.69, 9.17) is 0 Å². The molecule has 0 aliphatic carbocycles. The minimum atomic E-state index is -3.60. The van der Waals surface area contributed by atoms with Gasteiger partial charge < -0.3 is 4.57 Å². The van der Waals surface area contributed by atoms with Crippen molar-refractivity contribution in [2.45, 2.75) is 64.3 Å². The van der Waals surface area contributed by atoms with Crippen LogP contribution in [0.1, 0.15) is 59.7 Å². The van der Waals surface area contributed by atoms with Crippen molar-refractivity contribution in [3.63, 3.8) is 0 Å². The molecule has 0 bridgehead atoms. The fraction of sp³-hybridized carbons (Fsp3) is 0.565. The predicted molar refractivity (Wildman–Crippen MR) is 119 cm³/mol. The van der Waals surface area contributed by atoms with Crippen LogP contribution in [0.15, 0.2) is 29.3 Å². The number of hydrogen-bond acceptors (Lipinski definition) is 3. The van der Waals surface area contributed by atoms with E-state index in [2.05, 4.69) is 26.3 Å². The number of aromatic nitrogens is 1. The maximum absolute atomic E-state index is 13.4. The first kappa shape index (κ1) is 22.1. The van der Waals surface area contributed by atoms with Gasteiger partial charge in [-0.1, -0.05) is 18.9 Å². The number of aryl methyl sites for hydroxylation is 3. The van der Waals surface area contributed by atoms with Crippen LogP contribution in [0, 0.1) is 27.7 Å². The highest BCUT2D eigenvalue weighted by Gasteiger charge is 2.27. The van der Waals surface area contributed by atoms with Crippen LogP contribution in [0.25, 0.3) is 0 Å². The molecule has 1 aromatic carbocycles. The van der Waals surface area contributed by atoms with Gasteiger partial charge in [0.15, 0.2) is 0 Å². The second-order valence-corrected chi connectivity index (χ2v) is 10.2. The monoisotopic (exact) mass is 417 g/mol. The summed E-state index contributed by atoms with van der Waals surface area (Å²) in [5, 5.41) is 0. The van der Waals surface area contributed by atoms with Gasteiger partial charge in [0.1, 0.15) is 0 Å². The van der Waals surface area contributed by atoms with Gasteiger partial charge in [-0.25, -0.2) is 13.1 Å². The van der Waals surface area contributed by atoms with Crippen molar-refractivity contribution >= 4 is 10.0 Å². The highest BCUT2D eigenvalue weighted by molar-refractivity contribution is 7.89. The summed E-state index contributed by atoms with van der Waals surface area (Å²) in [6, 6.07) is 6.24. The molecular formula is C23H35N3O2S. The van der Waals surface area contributed by atoms with Crippen molar-refractivity contribution < 1.29 is 8.42 Å². The zero-order valence-electron chi connectivity index (χ0n) is 18.5. The molecule has 6 heteroatoms. The molecule has 1 atom stereocenters. The van der Waals surface area contributed by atoms with Crippen LogP contribution in [-0.4, -0.2) is 37.5 Å². The van der Waals surface area contributed by atoms with Gasteiger partial charge in [0, 0.05) is 25.5 Å². The molecule has 2 aromatic rings. The molecule has 1 aromatic heterocycles. The third-order valence-electron chi connectivity index (χ3n) is 6.44. The van der Waals surface area contributed by atoms with Gasteiger partial charge in [0.2, 0.25) is 10.0 Å². The number of sulfonamides is 1. The fourth-order valence-electron chi connectivity index (χ4n) is 4.49. The summed E-state index contributed by atoms with van der Waals surface area (Å²) in [7, 11) is -1.56. The lowest BCUT2D eigenvalue weighted by Gasteiger charge is -2.31. The van der Waals surface area contributed by atoms with Gasteiger partial charge in [-0.15, -0.1) is 0 Å². The standard InChI is InChI=1S/C23H35N3O2S/c1-17-15-18(2)20(4)23(19(17)3)29(27,28)24-16-22(21-11-10-12-25(21)5)26-13-8-6-7-9-14-26/h10-12,15,22,24H,6-9,13-14,16H2,1-5H3. The summed E-state index contributed by atoms with van der Waals surface area (Å²) in [5.74, 6) is 0. The van der Waals surface area contributed by atoms with Crippen LogP contribution >= 0.6 is 0 Å². The maximum atomic E-state index is 13.4. The third kappa shape index (κ3) is 4.76. The maximum Gasteiger partial charge on any atom is 0.241 e. The second kappa shape index (κ2) is 9.02. The Balaban J connectivity index is 1.90. The van der Waals surface area contributed by atoms with Crippen LogP contribution in [-0.2, 0) is 17.1 Å². The highest BCUT2D eigenvalue weighted by Crippen LogP contribution is 2.28. The molecule has 0 radical (unpaired) electrons. The van der Waals surface area contributed by atoms with Crippen molar-refractivity contribution in [3.05, 3.63) is 52.3 Å². The minimum absolute atomic E-state index is 0.0365. The first-order valence-corrected chi connectivity index (χ1v) is 12.1. The Bertz CT molecular complexity index is 928. The van der Waals surface area contributed by atoms with Gasteiger partial charge in [0.25, 0.3) is 0 Å². The molecule has 1 aliphatic heterocycles. The number of benzene rings is 1. The molecule has 1 fully saturated rings. The summed E-state index contributed by atoms with van der Waals surface area (Å²) >= 11 is 0. The Hall–Kier alpha value is -1.63. The Morgan fingerprint density at radius 1 is 1.00 bits per heavy atom. The van der Waals surface area contributed by atoms with E-state index in [1.807, 2.05) is 47.0 Å². The minimum Gasteiger partial charge on any atom is -0.353 e. The lowest BCUT2D eigenvalue weighted by atomic mass is 10.0. The van der Waals surface area contributed by atoms with E-state index in [0.717, 1.165) is 41.0 Å². The molecule has 0 spiro atoms. The molecule has 160 valence electrons. The molecule has 1 N–H and O–H groups in total. The Morgan fingerprint density at radius 3 is 2.10 bits per heavy atom. The SMILES string of the molecule is Cc1cc(C)c(C)c(S(=O)(=O)NCC(c2cccn2C)N2CCCCCC2)c1C. The molecule has 5 nitrogen and oxygen atoms in total. The second-order valence-electron chi connectivity index (χ2n) is 8.45. The summed E-state index contributed by atoms with van der Waals surface area (Å²) in [5.41, 5.74) is 4.86. The molecule has 29 heavy (non-hydrogen) atoms. The smallest absolute Gasteiger partial charge is 0.241 e. The highest BCUT2D eigenvalue weighted by atomic mass is 32.2. The molecule has 1 aliphatic rings. The molecule has 1 unspecified atom stereocenters. The van der Waals surface area contributed by atoms with Crippen LogP contribution in [0.3, 0.4) is 0 Å². The van der Waals surface area contributed by atoms with Crippen molar-refractivity contribution in [1.29, 1.82) is 0 Å². The van der Waals surface area contributed by atoms with Crippen molar-refractivity contribution in [2.75, 3.05) is 19.6 Å². The van der Waals surface area contributed by atoms with E-state index in [9.17, 15) is 8.42 Å². The van der Waals surface area contributed by atoms with E-state index in [1.165, 1.54) is 25.7 Å². The van der Waals surface area contributed by atoms with Gasteiger partial charge >= 0.3 is 0 Å². The number of hydrogen-bond donors (Lipinski definition) is 1. The number of nitrogens with zero attached hydrogens (tertiary/aromatic N) is 2.